The highest BCUT2D eigenvalue weighted by Gasteiger charge is 2.27. The summed E-state index contributed by atoms with van der Waals surface area (Å²) < 4.78 is 2.24. The summed E-state index contributed by atoms with van der Waals surface area (Å²) in [5, 5.41) is 3.42. The van der Waals surface area contributed by atoms with Crippen molar-refractivity contribution in [3.8, 4) is 11.5 Å². The van der Waals surface area contributed by atoms with E-state index in [0.717, 1.165) is 36.7 Å². The summed E-state index contributed by atoms with van der Waals surface area (Å²) >= 11 is 0. The van der Waals surface area contributed by atoms with Crippen LogP contribution in [0.4, 0.5) is 5.82 Å². The van der Waals surface area contributed by atoms with Crippen LogP contribution in [0.15, 0.2) is 12.5 Å². The minimum absolute atomic E-state index is 0.602. The second-order valence-electron chi connectivity index (χ2n) is 5.98. The molecule has 0 atom stereocenters. The van der Waals surface area contributed by atoms with E-state index in [1.165, 1.54) is 36.9 Å². The maximum absolute atomic E-state index is 4.86. The van der Waals surface area contributed by atoms with Gasteiger partial charge in [-0.3, -0.25) is 0 Å². The smallest absolute Gasteiger partial charge is 0.180 e. The van der Waals surface area contributed by atoms with Gasteiger partial charge in [-0.05, 0) is 45.4 Å². The Morgan fingerprint density at radius 3 is 2.90 bits per heavy atom. The Bertz CT molecular complexity index is 657. The number of rotatable bonds is 4. The normalized spacial score (nSPS) is 17.6. The van der Waals surface area contributed by atoms with Crippen molar-refractivity contribution in [1.82, 2.24) is 19.5 Å². The maximum Gasteiger partial charge on any atom is 0.180 e. The first-order chi connectivity index (χ1) is 10.4. The molecule has 0 saturated heterocycles. The van der Waals surface area contributed by atoms with Crippen LogP contribution >= 0.6 is 0 Å². The van der Waals surface area contributed by atoms with E-state index in [1.807, 2.05) is 12.5 Å². The molecule has 2 aliphatic rings. The second-order valence-corrected chi connectivity index (χ2v) is 5.98. The number of aryl methyl sites for hydroxylation is 1. The van der Waals surface area contributed by atoms with Gasteiger partial charge in [-0.25, -0.2) is 15.0 Å². The SMILES string of the molecule is CCNc1nc(-c2cncn2C2CC2)nc2c1CCCC2. The van der Waals surface area contributed by atoms with E-state index < -0.39 is 0 Å². The predicted molar refractivity (Wildman–Crippen MR) is 82.3 cm³/mol. The molecule has 0 bridgehead atoms. The summed E-state index contributed by atoms with van der Waals surface area (Å²) in [5.74, 6) is 1.86. The molecule has 110 valence electrons. The van der Waals surface area contributed by atoms with Gasteiger partial charge in [0.25, 0.3) is 0 Å². The molecule has 1 fully saturated rings. The topological polar surface area (TPSA) is 55.6 Å². The lowest BCUT2D eigenvalue weighted by Gasteiger charge is -2.19. The Labute approximate surface area is 124 Å². The molecule has 2 heterocycles. The first-order valence-corrected chi connectivity index (χ1v) is 8.02. The van der Waals surface area contributed by atoms with Crippen LogP contribution in [0.1, 0.15) is 49.9 Å². The average Bonchev–Trinajstić information content (AvgIpc) is 3.24. The van der Waals surface area contributed by atoms with E-state index in [9.17, 15) is 0 Å². The van der Waals surface area contributed by atoms with Gasteiger partial charge >= 0.3 is 0 Å². The molecule has 0 aromatic carbocycles. The van der Waals surface area contributed by atoms with E-state index in [1.54, 1.807) is 0 Å². The molecule has 2 aromatic rings. The molecule has 5 heteroatoms. The third-order valence-corrected chi connectivity index (χ3v) is 4.36. The highest BCUT2D eigenvalue weighted by atomic mass is 15.1. The summed E-state index contributed by atoms with van der Waals surface area (Å²) in [6, 6.07) is 0.602. The first kappa shape index (κ1) is 12.8. The van der Waals surface area contributed by atoms with Gasteiger partial charge in [0.05, 0.1) is 12.5 Å². The summed E-state index contributed by atoms with van der Waals surface area (Å²) in [5.41, 5.74) is 3.61. The van der Waals surface area contributed by atoms with Gasteiger partial charge in [0.1, 0.15) is 11.5 Å². The molecule has 0 unspecified atom stereocenters. The number of imidazole rings is 1. The Morgan fingerprint density at radius 1 is 1.24 bits per heavy atom. The third-order valence-electron chi connectivity index (χ3n) is 4.36. The number of nitrogens with one attached hydrogen (secondary N) is 1. The molecule has 1 saturated carbocycles. The van der Waals surface area contributed by atoms with Gasteiger partial charge in [-0.2, -0.15) is 0 Å². The van der Waals surface area contributed by atoms with Crippen molar-refractivity contribution in [2.75, 3.05) is 11.9 Å². The highest BCUT2D eigenvalue weighted by Crippen LogP contribution is 2.38. The summed E-state index contributed by atoms with van der Waals surface area (Å²) in [7, 11) is 0. The van der Waals surface area contributed by atoms with E-state index in [-0.39, 0.29) is 0 Å². The predicted octanol–water partition coefficient (Wildman–Crippen LogP) is 2.99. The number of aromatic nitrogens is 4. The zero-order valence-corrected chi connectivity index (χ0v) is 12.5. The van der Waals surface area contributed by atoms with Gasteiger partial charge in [-0.1, -0.05) is 0 Å². The van der Waals surface area contributed by atoms with Crippen LogP contribution in [0.2, 0.25) is 0 Å². The molecule has 2 aromatic heterocycles. The van der Waals surface area contributed by atoms with E-state index in [4.69, 9.17) is 9.97 Å². The van der Waals surface area contributed by atoms with E-state index >= 15 is 0 Å². The fraction of sp³-hybridized carbons (Fsp3) is 0.562. The molecule has 0 aliphatic heterocycles. The number of hydrogen-bond acceptors (Lipinski definition) is 4. The lowest BCUT2D eigenvalue weighted by molar-refractivity contribution is 0.662. The highest BCUT2D eigenvalue weighted by molar-refractivity contribution is 5.57. The zero-order valence-electron chi connectivity index (χ0n) is 12.5. The summed E-state index contributed by atoms with van der Waals surface area (Å²) in [4.78, 5) is 14.0. The molecule has 4 rings (SSSR count). The Hall–Kier alpha value is -1.91. The summed E-state index contributed by atoms with van der Waals surface area (Å²) in [6.07, 6.45) is 11.0. The number of fused-ring (bicyclic) bond motifs is 1. The van der Waals surface area contributed by atoms with Crippen molar-refractivity contribution in [3.05, 3.63) is 23.8 Å². The van der Waals surface area contributed by atoms with Crippen LogP contribution in [0.25, 0.3) is 11.5 Å². The van der Waals surface area contributed by atoms with E-state index in [0.29, 0.717) is 6.04 Å². The van der Waals surface area contributed by atoms with Crippen LogP contribution in [0.3, 0.4) is 0 Å². The minimum Gasteiger partial charge on any atom is -0.370 e. The molecule has 5 nitrogen and oxygen atoms in total. The molecule has 2 aliphatic carbocycles. The van der Waals surface area contributed by atoms with Crippen molar-refractivity contribution >= 4 is 5.82 Å². The number of anilines is 1. The maximum atomic E-state index is 4.86. The van der Waals surface area contributed by atoms with Crippen molar-refractivity contribution in [1.29, 1.82) is 0 Å². The van der Waals surface area contributed by atoms with Crippen LogP contribution in [-0.4, -0.2) is 26.1 Å². The minimum atomic E-state index is 0.602. The van der Waals surface area contributed by atoms with Gasteiger partial charge in [-0.15, -0.1) is 0 Å². The van der Waals surface area contributed by atoms with Gasteiger partial charge in [0, 0.05) is 23.8 Å². The molecule has 0 spiro atoms. The van der Waals surface area contributed by atoms with Crippen molar-refractivity contribution in [3.63, 3.8) is 0 Å². The molecule has 1 N–H and O–H groups in total. The Morgan fingerprint density at radius 2 is 2.10 bits per heavy atom. The standard InChI is InChI=1S/C16H21N5/c1-2-18-15-12-5-3-4-6-13(12)19-16(20-15)14-9-17-10-21(14)11-7-8-11/h9-11H,2-8H2,1H3,(H,18,19,20). The van der Waals surface area contributed by atoms with Gasteiger partial charge in [0.15, 0.2) is 5.82 Å². The Balaban J connectivity index is 1.81. The first-order valence-electron chi connectivity index (χ1n) is 8.02. The Kier molecular flexibility index (Phi) is 3.13. The summed E-state index contributed by atoms with van der Waals surface area (Å²) in [6.45, 7) is 3.01. The fourth-order valence-corrected chi connectivity index (χ4v) is 3.14. The average molecular weight is 283 g/mol. The largest absolute Gasteiger partial charge is 0.370 e. The number of nitrogens with zero attached hydrogens (tertiary/aromatic N) is 4. The molecule has 21 heavy (non-hydrogen) atoms. The van der Waals surface area contributed by atoms with E-state index in [2.05, 4.69) is 21.8 Å². The molecule has 0 radical (unpaired) electrons. The zero-order chi connectivity index (χ0) is 14.2. The van der Waals surface area contributed by atoms with Gasteiger partial charge in [0.2, 0.25) is 0 Å². The lowest BCUT2D eigenvalue weighted by atomic mass is 9.96. The van der Waals surface area contributed by atoms with Crippen molar-refractivity contribution in [2.24, 2.45) is 0 Å². The van der Waals surface area contributed by atoms with Crippen LogP contribution in [0, 0.1) is 0 Å². The molecule has 0 amide bonds. The number of hydrogen-bond donors (Lipinski definition) is 1. The van der Waals surface area contributed by atoms with Crippen LogP contribution in [-0.2, 0) is 12.8 Å². The second kappa shape index (κ2) is 5.13. The van der Waals surface area contributed by atoms with Crippen molar-refractivity contribution < 1.29 is 0 Å². The molecular weight excluding hydrogens is 262 g/mol. The monoisotopic (exact) mass is 283 g/mol. The van der Waals surface area contributed by atoms with Crippen molar-refractivity contribution in [2.45, 2.75) is 51.5 Å². The van der Waals surface area contributed by atoms with Crippen LogP contribution < -0.4 is 5.32 Å². The fourth-order valence-electron chi connectivity index (χ4n) is 3.14. The third kappa shape index (κ3) is 2.30. The lowest BCUT2D eigenvalue weighted by Crippen LogP contribution is -2.14. The quantitative estimate of drug-likeness (QED) is 0.937. The van der Waals surface area contributed by atoms with Gasteiger partial charge < -0.3 is 9.88 Å². The van der Waals surface area contributed by atoms with Crippen LogP contribution in [0.5, 0.6) is 0 Å². The molecular formula is C16H21N5.